The number of aryl methyl sites for hydroxylation is 1. The van der Waals surface area contributed by atoms with Crippen molar-refractivity contribution < 1.29 is 14.6 Å². The van der Waals surface area contributed by atoms with E-state index in [1.165, 1.54) is 4.90 Å². The molecule has 0 unspecified atom stereocenters. The van der Waals surface area contributed by atoms with Crippen LogP contribution in [0.2, 0.25) is 0 Å². The average molecular weight is 331 g/mol. The van der Waals surface area contributed by atoms with Gasteiger partial charge in [-0.05, 0) is 40.5 Å². The topological polar surface area (TPSA) is 61.8 Å². The van der Waals surface area contributed by atoms with Gasteiger partial charge in [0.25, 0.3) is 0 Å². The number of benzene rings is 1. The molecule has 6 heteroatoms. The van der Waals surface area contributed by atoms with E-state index in [9.17, 15) is 4.79 Å². The lowest BCUT2D eigenvalue weighted by molar-refractivity contribution is 0.142. The number of anilines is 1. The van der Waals surface area contributed by atoms with Gasteiger partial charge in [-0.2, -0.15) is 0 Å². The minimum absolute atomic E-state index is 0.0773. The highest BCUT2D eigenvalue weighted by molar-refractivity contribution is 9.10. The minimum atomic E-state index is -0.252. The number of carbonyl (C=O) groups is 1. The molecule has 1 aromatic rings. The fourth-order valence-corrected chi connectivity index (χ4v) is 1.91. The third-order valence-electron chi connectivity index (χ3n) is 2.59. The lowest BCUT2D eigenvalue weighted by Gasteiger charge is -2.22. The zero-order valence-corrected chi connectivity index (χ0v) is 12.7. The smallest absolute Gasteiger partial charge is 0.322 e. The highest BCUT2D eigenvalue weighted by Crippen LogP contribution is 2.23. The van der Waals surface area contributed by atoms with Crippen LogP contribution in [0.4, 0.5) is 10.5 Å². The molecule has 0 fully saturated rings. The number of rotatable bonds is 6. The second kappa shape index (κ2) is 8.14. The van der Waals surface area contributed by atoms with E-state index >= 15 is 0 Å². The Balaban J connectivity index is 2.71. The van der Waals surface area contributed by atoms with Crippen LogP contribution in [-0.4, -0.2) is 49.5 Å². The largest absolute Gasteiger partial charge is 0.395 e. The molecule has 0 heterocycles. The first-order chi connectivity index (χ1) is 9.08. The van der Waals surface area contributed by atoms with Crippen molar-refractivity contribution in [3.63, 3.8) is 0 Å². The monoisotopic (exact) mass is 330 g/mol. The first-order valence-electron chi connectivity index (χ1n) is 6.00. The molecule has 19 heavy (non-hydrogen) atoms. The Kier molecular flexibility index (Phi) is 6.83. The fourth-order valence-electron chi connectivity index (χ4n) is 1.57. The Morgan fingerprint density at radius 1 is 1.47 bits per heavy atom. The quantitative estimate of drug-likeness (QED) is 0.840. The van der Waals surface area contributed by atoms with Gasteiger partial charge in [-0.1, -0.05) is 6.07 Å². The van der Waals surface area contributed by atoms with Gasteiger partial charge in [0, 0.05) is 24.7 Å². The molecule has 0 atom stereocenters. The number of carbonyl (C=O) groups excluding carboxylic acids is 1. The fraction of sp³-hybridized carbons (Fsp3) is 0.462. The van der Waals surface area contributed by atoms with Crippen LogP contribution in [0, 0.1) is 6.92 Å². The maximum Gasteiger partial charge on any atom is 0.322 e. The lowest BCUT2D eigenvalue weighted by Crippen LogP contribution is -2.39. The van der Waals surface area contributed by atoms with Crippen LogP contribution in [0.25, 0.3) is 0 Å². The maximum atomic E-state index is 12.1. The summed E-state index contributed by atoms with van der Waals surface area (Å²) in [6.07, 6.45) is 0. The molecule has 0 aliphatic carbocycles. The Morgan fingerprint density at radius 3 is 2.84 bits per heavy atom. The predicted molar refractivity (Wildman–Crippen MR) is 78.4 cm³/mol. The first kappa shape index (κ1) is 15.9. The van der Waals surface area contributed by atoms with Crippen molar-refractivity contribution >= 4 is 27.6 Å². The summed E-state index contributed by atoms with van der Waals surface area (Å²) < 4.78 is 5.77. The summed E-state index contributed by atoms with van der Waals surface area (Å²) in [7, 11) is 1.58. The summed E-state index contributed by atoms with van der Waals surface area (Å²) in [4.78, 5) is 13.6. The highest BCUT2D eigenvalue weighted by Gasteiger charge is 2.14. The SMILES string of the molecule is COCCN(CCO)C(=O)Nc1cc(C)ccc1Br. The first-order valence-corrected chi connectivity index (χ1v) is 6.79. The molecule has 1 aromatic carbocycles. The molecule has 106 valence electrons. The molecule has 0 spiro atoms. The molecule has 0 radical (unpaired) electrons. The standard InChI is InChI=1S/C13H19BrN2O3/c1-10-3-4-11(14)12(9-10)15-13(18)16(5-7-17)6-8-19-2/h3-4,9,17H,5-8H2,1-2H3,(H,15,18). The molecule has 0 saturated carbocycles. The highest BCUT2D eigenvalue weighted by atomic mass is 79.9. The van der Waals surface area contributed by atoms with Crippen molar-refractivity contribution in [3.05, 3.63) is 28.2 Å². The van der Waals surface area contributed by atoms with E-state index in [0.29, 0.717) is 18.8 Å². The summed E-state index contributed by atoms with van der Waals surface area (Å²) in [5.41, 5.74) is 1.77. The minimum Gasteiger partial charge on any atom is -0.395 e. The van der Waals surface area contributed by atoms with Gasteiger partial charge >= 0.3 is 6.03 Å². The van der Waals surface area contributed by atoms with E-state index < -0.39 is 0 Å². The number of aliphatic hydroxyl groups is 1. The molecule has 0 aliphatic rings. The Labute approximate surface area is 121 Å². The van der Waals surface area contributed by atoms with Gasteiger partial charge < -0.3 is 20.1 Å². The van der Waals surface area contributed by atoms with E-state index in [-0.39, 0.29) is 19.2 Å². The van der Waals surface area contributed by atoms with Gasteiger partial charge in [-0.15, -0.1) is 0 Å². The number of amides is 2. The number of hydrogen-bond acceptors (Lipinski definition) is 3. The molecular formula is C13H19BrN2O3. The Morgan fingerprint density at radius 2 is 2.21 bits per heavy atom. The van der Waals surface area contributed by atoms with E-state index in [2.05, 4.69) is 21.2 Å². The summed E-state index contributed by atoms with van der Waals surface area (Å²) in [6.45, 7) is 3.03. The van der Waals surface area contributed by atoms with Gasteiger partial charge in [0.2, 0.25) is 0 Å². The third-order valence-corrected chi connectivity index (χ3v) is 3.28. The van der Waals surface area contributed by atoms with E-state index in [4.69, 9.17) is 9.84 Å². The zero-order chi connectivity index (χ0) is 14.3. The Hall–Kier alpha value is -1.11. The maximum absolute atomic E-state index is 12.1. The number of nitrogens with zero attached hydrogens (tertiary/aromatic N) is 1. The van der Waals surface area contributed by atoms with E-state index in [1.54, 1.807) is 7.11 Å². The molecule has 2 amide bonds. The third kappa shape index (κ3) is 5.18. The van der Waals surface area contributed by atoms with Gasteiger partial charge in [0.05, 0.1) is 18.9 Å². The summed E-state index contributed by atoms with van der Waals surface area (Å²) in [6, 6.07) is 5.47. The van der Waals surface area contributed by atoms with E-state index in [1.807, 2.05) is 25.1 Å². The molecule has 1 rings (SSSR count). The molecule has 0 aliphatic heterocycles. The van der Waals surface area contributed by atoms with E-state index in [0.717, 1.165) is 10.0 Å². The van der Waals surface area contributed by atoms with Crippen LogP contribution in [0.3, 0.4) is 0 Å². The van der Waals surface area contributed by atoms with Gasteiger partial charge in [-0.25, -0.2) is 4.79 Å². The molecule has 0 saturated heterocycles. The summed E-state index contributed by atoms with van der Waals surface area (Å²) in [5.74, 6) is 0. The summed E-state index contributed by atoms with van der Waals surface area (Å²) in [5, 5.41) is 11.8. The van der Waals surface area contributed by atoms with Crippen LogP contribution < -0.4 is 5.32 Å². The van der Waals surface area contributed by atoms with Crippen molar-refractivity contribution in [1.29, 1.82) is 0 Å². The number of ether oxygens (including phenoxy) is 1. The molecule has 2 N–H and O–H groups in total. The number of urea groups is 1. The van der Waals surface area contributed by atoms with Crippen LogP contribution >= 0.6 is 15.9 Å². The van der Waals surface area contributed by atoms with Crippen molar-refractivity contribution in [1.82, 2.24) is 4.90 Å². The molecule has 0 aromatic heterocycles. The van der Waals surface area contributed by atoms with Crippen LogP contribution in [0.1, 0.15) is 5.56 Å². The van der Waals surface area contributed by atoms with Crippen molar-refractivity contribution in [2.24, 2.45) is 0 Å². The molecular weight excluding hydrogens is 312 g/mol. The predicted octanol–water partition coefficient (Wildman–Crippen LogP) is 2.23. The van der Waals surface area contributed by atoms with Crippen LogP contribution in [-0.2, 0) is 4.74 Å². The van der Waals surface area contributed by atoms with Gasteiger partial charge in [-0.3, -0.25) is 0 Å². The number of halogens is 1. The van der Waals surface area contributed by atoms with Crippen molar-refractivity contribution in [3.8, 4) is 0 Å². The summed E-state index contributed by atoms with van der Waals surface area (Å²) >= 11 is 3.39. The molecule has 5 nitrogen and oxygen atoms in total. The lowest BCUT2D eigenvalue weighted by atomic mass is 10.2. The van der Waals surface area contributed by atoms with Crippen molar-refractivity contribution in [2.75, 3.05) is 38.7 Å². The molecule has 0 bridgehead atoms. The second-order valence-corrected chi connectivity index (χ2v) is 4.97. The average Bonchev–Trinajstić information content (AvgIpc) is 2.38. The van der Waals surface area contributed by atoms with Crippen molar-refractivity contribution in [2.45, 2.75) is 6.92 Å². The van der Waals surface area contributed by atoms with Crippen LogP contribution in [0.15, 0.2) is 22.7 Å². The number of hydrogen-bond donors (Lipinski definition) is 2. The number of aliphatic hydroxyl groups excluding tert-OH is 1. The normalized spacial score (nSPS) is 10.3. The second-order valence-electron chi connectivity index (χ2n) is 4.12. The van der Waals surface area contributed by atoms with Crippen LogP contribution in [0.5, 0.6) is 0 Å². The Bertz CT molecular complexity index is 426. The number of nitrogens with one attached hydrogen (secondary N) is 1. The van der Waals surface area contributed by atoms with Gasteiger partial charge in [0.15, 0.2) is 0 Å². The zero-order valence-electron chi connectivity index (χ0n) is 11.1. The van der Waals surface area contributed by atoms with Gasteiger partial charge in [0.1, 0.15) is 0 Å². The number of methoxy groups -OCH3 is 1.